The van der Waals surface area contributed by atoms with Crippen LogP contribution in [0.25, 0.3) is 0 Å². The lowest BCUT2D eigenvalue weighted by molar-refractivity contribution is -0.0136. The normalized spacial score (nSPS) is 24.1. The van der Waals surface area contributed by atoms with Gasteiger partial charge in [-0.1, -0.05) is 11.6 Å². The van der Waals surface area contributed by atoms with Crippen LogP contribution in [0.1, 0.15) is 12.0 Å². The highest BCUT2D eigenvalue weighted by Crippen LogP contribution is 2.16. The fraction of sp³-hybridized carbons (Fsp3) is 0.500. The zero-order valence-corrected chi connectivity index (χ0v) is 9.68. The second kappa shape index (κ2) is 5.27. The van der Waals surface area contributed by atoms with Gasteiger partial charge in [0.15, 0.2) is 5.15 Å². The first-order chi connectivity index (χ1) is 8.20. The lowest BCUT2D eigenvalue weighted by atomic mass is 10.1. The zero-order valence-electron chi connectivity index (χ0n) is 8.93. The van der Waals surface area contributed by atoms with Crippen LogP contribution in [0.4, 0.5) is 5.95 Å². The Hall–Kier alpha value is -1.42. The van der Waals surface area contributed by atoms with Gasteiger partial charge in [0.1, 0.15) is 11.6 Å². The summed E-state index contributed by atoms with van der Waals surface area (Å²) >= 11 is 5.78. The molecule has 1 fully saturated rings. The van der Waals surface area contributed by atoms with Crippen LogP contribution in [0.3, 0.4) is 0 Å². The van der Waals surface area contributed by atoms with Gasteiger partial charge in [0, 0.05) is 6.61 Å². The Bertz CT molecular complexity index is 448. The Labute approximate surface area is 103 Å². The third kappa shape index (κ3) is 2.82. The second-order valence-corrected chi connectivity index (χ2v) is 4.05. The molecule has 0 aliphatic carbocycles. The summed E-state index contributed by atoms with van der Waals surface area (Å²) in [5, 5.41) is 21.4. The molecule has 1 aliphatic rings. The summed E-state index contributed by atoms with van der Waals surface area (Å²) in [6.45, 7) is 0.875. The molecule has 1 aliphatic heterocycles. The van der Waals surface area contributed by atoms with Crippen molar-refractivity contribution in [2.24, 2.45) is 0 Å². The summed E-state index contributed by atoms with van der Waals surface area (Å²) < 4.78 is 5.11. The molecule has 17 heavy (non-hydrogen) atoms. The molecule has 90 valence electrons. The summed E-state index contributed by atoms with van der Waals surface area (Å²) in [6.07, 6.45) is 1.42. The van der Waals surface area contributed by atoms with Crippen molar-refractivity contribution in [1.29, 1.82) is 5.26 Å². The van der Waals surface area contributed by atoms with Crippen molar-refractivity contribution in [3.63, 3.8) is 0 Å². The van der Waals surface area contributed by atoms with E-state index in [1.165, 1.54) is 6.20 Å². The van der Waals surface area contributed by atoms with Gasteiger partial charge in [-0.2, -0.15) is 10.2 Å². The lowest BCUT2D eigenvalue weighted by Crippen LogP contribution is -2.42. The number of hydrogen-bond donors (Lipinski definition) is 2. The highest BCUT2D eigenvalue weighted by atomic mass is 35.5. The van der Waals surface area contributed by atoms with Crippen molar-refractivity contribution in [2.75, 3.05) is 18.5 Å². The minimum atomic E-state index is -0.596. The predicted molar refractivity (Wildman–Crippen MR) is 60.6 cm³/mol. The van der Waals surface area contributed by atoms with Crippen LogP contribution in [-0.2, 0) is 4.74 Å². The minimum absolute atomic E-state index is 0.103. The highest BCUT2D eigenvalue weighted by Gasteiger charge is 2.24. The maximum absolute atomic E-state index is 9.67. The van der Waals surface area contributed by atoms with Crippen molar-refractivity contribution < 1.29 is 9.84 Å². The van der Waals surface area contributed by atoms with E-state index in [-0.39, 0.29) is 16.8 Å². The van der Waals surface area contributed by atoms with Crippen molar-refractivity contribution in [3.05, 3.63) is 16.9 Å². The first-order valence-electron chi connectivity index (χ1n) is 5.15. The standard InChI is InChI=1S/C10H11ClN4O2/c11-9-6(3-12)4-13-10(15-9)14-7-1-2-17-5-8(7)16/h4,7-8,16H,1-2,5H2,(H,13,14,15)/t7-,8-/m1/s1. The molecule has 2 atom stereocenters. The molecule has 0 amide bonds. The Morgan fingerprint density at radius 1 is 1.65 bits per heavy atom. The largest absolute Gasteiger partial charge is 0.389 e. The van der Waals surface area contributed by atoms with Gasteiger partial charge in [-0.15, -0.1) is 0 Å². The topological polar surface area (TPSA) is 91.1 Å². The summed E-state index contributed by atoms with van der Waals surface area (Å²) in [7, 11) is 0. The average molecular weight is 255 g/mol. The molecule has 2 heterocycles. The molecule has 0 unspecified atom stereocenters. The van der Waals surface area contributed by atoms with Crippen molar-refractivity contribution >= 4 is 17.5 Å². The number of halogens is 1. The summed E-state index contributed by atoms with van der Waals surface area (Å²) in [5.41, 5.74) is 0.227. The summed E-state index contributed by atoms with van der Waals surface area (Å²) in [6, 6.07) is 1.72. The van der Waals surface area contributed by atoms with E-state index >= 15 is 0 Å². The van der Waals surface area contributed by atoms with Crippen LogP contribution < -0.4 is 5.32 Å². The van der Waals surface area contributed by atoms with Crippen LogP contribution in [-0.4, -0.2) is 40.4 Å². The molecule has 0 radical (unpaired) electrons. The molecule has 1 aromatic rings. The fourth-order valence-corrected chi connectivity index (χ4v) is 1.73. The Kier molecular flexibility index (Phi) is 3.74. The van der Waals surface area contributed by atoms with E-state index in [4.69, 9.17) is 21.6 Å². The number of rotatable bonds is 2. The van der Waals surface area contributed by atoms with Crippen molar-refractivity contribution in [3.8, 4) is 6.07 Å². The lowest BCUT2D eigenvalue weighted by Gasteiger charge is -2.28. The van der Waals surface area contributed by atoms with Crippen LogP contribution in [0.5, 0.6) is 0 Å². The molecule has 7 heteroatoms. The molecular formula is C10H11ClN4O2. The molecular weight excluding hydrogens is 244 g/mol. The first kappa shape index (κ1) is 12.0. The van der Waals surface area contributed by atoms with E-state index < -0.39 is 6.10 Å². The minimum Gasteiger partial charge on any atom is -0.389 e. The Balaban J connectivity index is 2.08. The predicted octanol–water partition coefficient (Wildman–Crippen LogP) is 0.563. The smallest absolute Gasteiger partial charge is 0.224 e. The second-order valence-electron chi connectivity index (χ2n) is 3.69. The van der Waals surface area contributed by atoms with Crippen molar-refractivity contribution in [2.45, 2.75) is 18.6 Å². The molecule has 6 nitrogen and oxygen atoms in total. The van der Waals surface area contributed by atoms with Gasteiger partial charge in [-0.3, -0.25) is 0 Å². The number of nitriles is 1. The number of nitrogens with zero attached hydrogens (tertiary/aromatic N) is 3. The third-order valence-corrected chi connectivity index (χ3v) is 2.79. The molecule has 0 saturated carbocycles. The number of aliphatic hydroxyl groups is 1. The van der Waals surface area contributed by atoms with Crippen molar-refractivity contribution in [1.82, 2.24) is 9.97 Å². The number of aromatic nitrogens is 2. The van der Waals surface area contributed by atoms with Gasteiger partial charge in [0.05, 0.1) is 24.9 Å². The molecule has 1 saturated heterocycles. The van der Waals surface area contributed by atoms with Crippen LogP contribution in [0, 0.1) is 11.3 Å². The zero-order chi connectivity index (χ0) is 12.3. The van der Waals surface area contributed by atoms with Gasteiger partial charge in [0.25, 0.3) is 0 Å². The van der Waals surface area contributed by atoms with Crippen LogP contribution in [0.15, 0.2) is 6.20 Å². The Morgan fingerprint density at radius 2 is 2.47 bits per heavy atom. The molecule has 1 aromatic heterocycles. The van der Waals surface area contributed by atoms with Gasteiger partial charge in [-0.05, 0) is 6.42 Å². The molecule has 0 aromatic carbocycles. The summed E-state index contributed by atoms with van der Waals surface area (Å²) in [4.78, 5) is 7.90. The quantitative estimate of drug-likeness (QED) is 0.750. The number of ether oxygens (including phenoxy) is 1. The number of hydrogen-bond acceptors (Lipinski definition) is 6. The maximum Gasteiger partial charge on any atom is 0.224 e. The first-order valence-corrected chi connectivity index (χ1v) is 5.53. The van der Waals surface area contributed by atoms with E-state index in [1.54, 1.807) is 0 Å². The third-order valence-electron chi connectivity index (χ3n) is 2.50. The average Bonchev–Trinajstić information content (AvgIpc) is 2.32. The van der Waals surface area contributed by atoms with Gasteiger partial charge < -0.3 is 15.2 Å². The fourth-order valence-electron chi connectivity index (χ4n) is 1.56. The van der Waals surface area contributed by atoms with E-state index in [2.05, 4.69) is 15.3 Å². The molecule has 2 rings (SSSR count). The van der Waals surface area contributed by atoms with E-state index in [0.29, 0.717) is 25.6 Å². The number of nitrogens with one attached hydrogen (secondary N) is 1. The van der Waals surface area contributed by atoms with Gasteiger partial charge >= 0.3 is 0 Å². The number of anilines is 1. The molecule has 0 bridgehead atoms. The summed E-state index contributed by atoms with van der Waals surface area (Å²) in [5.74, 6) is 0.306. The maximum atomic E-state index is 9.67. The van der Waals surface area contributed by atoms with Crippen LogP contribution >= 0.6 is 11.6 Å². The monoisotopic (exact) mass is 254 g/mol. The SMILES string of the molecule is N#Cc1cnc(N[C@@H]2CCOC[C@H]2O)nc1Cl. The van der Waals surface area contributed by atoms with Gasteiger partial charge in [0.2, 0.25) is 5.95 Å². The number of aliphatic hydroxyl groups excluding tert-OH is 1. The van der Waals surface area contributed by atoms with E-state index in [1.807, 2.05) is 6.07 Å². The van der Waals surface area contributed by atoms with Gasteiger partial charge in [-0.25, -0.2) is 4.98 Å². The highest BCUT2D eigenvalue weighted by molar-refractivity contribution is 6.30. The van der Waals surface area contributed by atoms with Crippen LogP contribution in [0.2, 0.25) is 5.15 Å². The molecule has 0 spiro atoms. The molecule has 2 N–H and O–H groups in total. The van der Waals surface area contributed by atoms with E-state index in [9.17, 15) is 5.11 Å². The van der Waals surface area contributed by atoms with E-state index in [0.717, 1.165) is 0 Å². The Morgan fingerprint density at radius 3 is 3.12 bits per heavy atom.